The van der Waals surface area contributed by atoms with E-state index in [0.717, 1.165) is 16.7 Å². The fourth-order valence-electron chi connectivity index (χ4n) is 4.95. The first-order chi connectivity index (χ1) is 20.6. The van der Waals surface area contributed by atoms with Gasteiger partial charge in [0.15, 0.2) is 4.80 Å². The second-order valence-corrected chi connectivity index (χ2v) is 11.3. The number of benzene rings is 2. The number of methoxy groups -OCH3 is 1. The molecular formula is C33H32N2O7S. The lowest BCUT2D eigenvalue weighted by atomic mass is 9.96. The van der Waals surface area contributed by atoms with Crippen LogP contribution in [0.1, 0.15) is 61.0 Å². The lowest BCUT2D eigenvalue weighted by Gasteiger charge is -2.24. The van der Waals surface area contributed by atoms with Crippen molar-refractivity contribution < 1.29 is 28.2 Å². The number of esters is 2. The van der Waals surface area contributed by atoms with Gasteiger partial charge in [-0.15, -0.1) is 0 Å². The molecule has 43 heavy (non-hydrogen) atoms. The Balaban J connectivity index is 1.54. The molecule has 0 spiro atoms. The summed E-state index contributed by atoms with van der Waals surface area (Å²) in [5.74, 6) is 0.827. The van der Waals surface area contributed by atoms with Crippen molar-refractivity contribution in [2.75, 3.05) is 13.7 Å². The number of allylic oxidation sites excluding steroid dienone is 1. The molecule has 2 aromatic heterocycles. The second-order valence-electron chi connectivity index (χ2n) is 10.3. The summed E-state index contributed by atoms with van der Waals surface area (Å²) in [4.78, 5) is 44.3. The maximum atomic E-state index is 13.9. The third kappa shape index (κ3) is 5.96. The van der Waals surface area contributed by atoms with Gasteiger partial charge in [0.1, 0.15) is 17.3 Å². The van der Waals surface area contributed by atoms with Crippen LogP contribution in [0, 0.1) is 6.92 Å². The van der Waals surface area contributed by atoms with Gasteiger partial charge in [-0.25, -0.2) is 14.6 Å². The number of thiazole rings is 1. The average molecular weight is 601 g/mol. The maximum Gasteiger partial charge on any atom is 0.338 e. The zero-order chi connectivity index (χ0) is 30.8. The van der Waals surface area contributed by atoms with Gasteiger partial charge in [0.25, 0.3) is 5.56 Å². The minimum atomic E-state index is -0.723. The lowest BCUT2D eigenvalue weighted by Crippen LogP contribution is -2.39. The normalized spacial score (nSPS) is 14.9. The molecule has 2 aromatic carbocycles. The van der Waals surface area contributed by atoms with Gasteiger partial charge in [-0.1, -0.05) is 29.5 Å². The minimum absolute atomic E-state index is 0.195. The molecule has 0 radical (unpaired) electrons. The van der Waals surface area contributed by atoms with Gasteiger partial charge >= 0.3 is 11.9 Å². The van der Waals surface area contributed by atoms with Crippen molar-refractivity contribution in [3.05, 3.63) is 108 Å². The van der Waals surface area contributed by atoms with Gasteiger partial charge < -0.3 is 18.6 Å². The minimum Gasteiger partial charge on any atom is -0.497 e. The van der Waals surface area contributed by atoms with Crippen LogP contribution >= 0.6 is 11.3 Å². The predicted octanol–water partition coefficient (Wildman–Crippen LogP) is 4.94. The van der Waals surface area contributed by atoms with Gasteiger partial charge in [0.2, 0.25) is 0 Å². The van der Waals surface area contributed by atoms with E-state index < -0.39 is 12.0 Å². The Kier molecular flexibility index (Phi) is 8.50. The summed E-state index contributed by atoms with van der Waals surface area (Å²) in [7, 11) is 1.58. The summed E-state index contributed by atoms with van der Waals surface area (Å²) in [6, 6.07) is 15.4. The number of hydrogen-bond donors (Lipinski definition) is 0. The van der Waals surface area contributed by atoms with E-state index in [-0.39, 0.29) is 24.2 Å². The molecule has 0 amide bonds. The molecule has 1 aliphatic heterocycles. The molecule has 0 bridgehead atoms. The fraction of sp³-hybridized carbons (Fsp3) is 0.273. The van der Waals surface area contributed by atoms with Crippen molar-refractivity contribution >= 4 is 29.4 Å². The first kappa shape index (κ1) is 29.8. The Morgan fingerprint density at radius 3 is 2.47 bits per heavy atom. The summed E-state index contributed by atoms with van der Waals surface area (Å²) >= 11 is 1.22. The van der Waals surface area contributed by atoms with Crippen LogP contribution in [0.15, 0.2) is 80.1 Å². The van der Waals surface area contributed by atoms with Crippen LogP contribution in [0.2, 0.25) is 0 Å². The first-order valence-electron chi connectivity index (χ1n) is 13.9. The van der Waals surface area contributed by atoms with Crippen LogP contribution < -0.4 is 19.6 Å². The van der Waals surface area contributed by atoms with E-state index in [2.05, 4.69) is 4.99 Å². The summed E-state index contributed by atoms with van der Waals surface area (Å²) in [6.45, 7) is 9.18. The van der Waals surface area contributed by atoms with Crippen LogP contribution in [0.25, 0.3) is 17.4 Å². The number of carbonyl (C=O) groups is 2. The third-order valence-electron chi connectivity index (χ3n) is 6.92. The number of carbonyl (C=O) groups excluding carboxylic acids is 2. The van der Waals surface area contributed by atoms with Gasteiger partial charge in [-0.3, -0.25) is 9.36 Å². The molecular weight excluding hydrogens is 568 g/mol. The van der Waals surface area contributed by atoms with E-state index in [1.165, 1.54) is 15.9 Å². The SMILES string of the molecule is CCOC(=O)C1=C(C)N=c2s/c(=C/c3ccc(-c4ccc(C(=O)OC(C)C)cc4C)o3)c(=O)n2[C@H]1c1ccc(OC)cc1. The Morgan fingerprint density at radius 2 is 1.81 bits per heavy atom. The van der Waals surface area contributed by atoms with E-state index >= 15 is 0 Å². The van der Waals surface area contributed by atoms with Gasteiger partial charge in [-0.05, 0) is 82.1 Å². The highest BCUT2D eigenvalue weighted by atomic mass is 32.1. The third-order valence-corrected chi connectivity index (χ3v) is 7.90. The molecule has 0 fully saturated rings. The topological polar surface area (TPSA) is 109 Å². The largest absolute Gasteiger partial charge is 0.497 e. The van der Waals surface area contributed by atoms with E-state index in [4.69, 9.17) is 18.6 Å². The molecule has 4 aromatic rings. The monoisotopic (exact) mass is 600 g/mol. The fourth-order valence-corrected chi connectivity index (χ4v) is 5.97. The highest BCUT2D eigenvalue weighted by molar-refractivity contribution is 7.07. The summed E-state index contributed by atoms with van der Waals surface area (Å²) in [5, 5.41) is 0. The van der Waals surface area contributed by atoms with Crippen LogP contribution in [-0.2, 0) is 14.3 Å². The summed E-state index contributed by atoms with van der Waals surface area (Å²) in [5.41, 5.74) is 3.34. The molecule has 0 unspecified atom stereocenters. The van der Waals surface area contributed by atoms with E-state index in [1.54, 1.807) is 71.2 Å². The average Bonchev–Trinajstić information content (AvgIpc) is 3.56. The maximum absolute atomic E-state index is 13.9. The molecule has 3 heterocycles. The molecule has 222 valence electrons. The standard InChI is InChI=1S/C33H32N2O7S/c1-7-40-32(38)28-20(5)34-33-35(29(28)21-8-11-23(39-6)12-9-21)30(36)27(43-33)17-24-13-15-26(42-24)25-14-10-22(16-19(25)4)31(37)41-18(2)3/h8-18,29H,7H2,1-6H3/b27-17+/t29-/m0/s1. The smallest absolute Gasteiger partial charge is 0.338 e. The number of hydrogen-bond acceptors (Lipinski definition) is 9. The molecule has 10 heteroatoms. The summed E-state index contributed by atoms with van der Waals surface area (Å²) < 4.78 is 24.0. The van der Waals surface area contributed by atoms with Crippen LogP contribution in [-0.4, -0.2) is 36.3 Å². The zero-order valence-electron chi connectivity index (χ0n) is 24.8. The van der Waals surface area contributed by atoms with E-state index in [1.807, 2.05) is 31.2 Å². The number of ether oxygens (including phenoxy) is 3. The van der Waals surface area contributed by atoms with Gasteiger partial charge in [0, 0.05) is 11.6 Å². The highest BCUT2D eigenvalue weighted by Gasteiger charge is 2.33. The van der Waals surface area contributed by atoms with Crippen molar-refractivity contribution in [1.82, 2.24) is 4.57 Å². The second kappa shape index (κ2) is 12.3. The molecule has 1 aliphatic rings. The molecule has 5 rings (SSSR count). The van der Waals surface area contributed by atoms with Crippen molar-refractivity contribution in [2.45, 2.75) is 46.8 Å². The van der Waals surface area contributed by atoms with Crippen molar-refractivity contribution in [3.8, 4) is 17.1 Å². The molecule has 0 N–H and O–H groups in total. The Bertz CT molecular complexity index is 1910. The van der Waals surface area contributed by atoms with Gasteiger partial charge in [0.05, 0.1) is 47.2 Å². The zero-order valence-corrected chi connectivity index (χ0v) is 25.6. The highest BCUT2D eigenvalue weighted by Crippen LogP contribution is 2.32. The van der Waals surface area contributed by atoms with Crippen molar-refractivity contribution in [1.29, 1.82) is 0 Å². The predicted molar refractivity (Wildman–Crippen MR) is 163 cm³/mol. The quantitative estimate of drug-likeness (QED) is 0.264. The Morgan fingerprint density at radius 1 is 1.07 bits per heavy atom. The number of fused-ring (bicyclic) bond motifs is 1. The summed E-state index contributed by atoms with van der Waals surface area (Å²) in [6.07, 6.45) is 1.46. The van der Waals surface area contributed by atoms with Crippen LogP contribution in [0.4, 0.5) is 0 Å². The van der Waals surface area contributed by atoms with Crippen molar-refractivity contribution in [3.63, 3.8) is 0 Å². The molecule has 0 saturated carbocycles. The first-order valence-corrected chi connectivity index (χ1v) is 14.7. The lowest BCUT2D eigenvalue weighted by molar-refractivity contribution is -0.139. The number of rotatable bonds is 8. The van der Waals surface area contributed by atoms with Crippen LogP contribution in [0.5, 0.6) is 5.75 Å². The molecule has 0 aliphatic carbocycles. The van der Waals surface area contributed by atoms with E-state index in [0.29, 0.717) is 43.4 Å². The Labute approximate surface area is 252 Å². The van der Waals surface area contributed by atoms with E-state index in [9.17, 15) is 14.4 Å². The van der Waals surface area contributed by atoms with Gasteiger partial charge in [-0.2, -0.15) is 0 Å². The Hall–Kier alpha value is -4.70. The van der Waals surface area contributed by atoms with Crippen LogP contribution in [0.3, 0.4) is 0 Å². The molecule has 1 atom stereocenters. The molecule has 9 nitrogen and oxygen atoms in total. The number of furan rings is 1. The molecule has 0 saturated heterocycles. The number of aromatic nitrogens is 1. The van der Waals surface area contributed by atoms with Crippen molar-refractivity contribution in [2.24, 2.45) is 4.99 Å². The number of nitrogens with zero attached hydrogens (tertiary/aromatic N) is 2. The number of aryl methyl sites for hydroxylation is 1.